The number of rotatable bonds is 2. The van der Waals surface area contributed by atoms with E-state index in [0.717, 1.165) is 17.2 Å². The summed E-state index contributed by atoms with van der Waals surface area (Å²) in [6, 6.07) is 31.1. The lowest BCUT2D eigenvalue weighted by Gasteiger charge is -2.50. The van der Waals surface area contributed by atoms with Gasteiger partial charge in [0.25, 0.3) is 0 Å². The fraction of sp³-hybridized carbons (Fsp3) is 0.179. The van der Waals surface area contributed by atoms with E-state index < -0.39 is 5.41 Å². The number of hydrogen-bond donors (Lipinski definition) is 0. The highest BCUT2D eigenvalue weighted by Gasteiger charge is 2.54. The molecule has 3 aliphatic carbocycles. The van der Waals surface area contributed by atoms with Gasteiger partial charge in [0, 0.05) is 17.2 Å². The van der Waals surface area contributed by atoms with Gasteiger partial charge in [-0.1, -0.05) is 84.9 Å². The lowest BCUT2D eigenvalue weighted by atomic mass is 9.53. The van der Waals surface area contributed by atoms with Crippen molar-refractivity contribution < 1.29 is 9.53 Å². The molecule has 0 saturated carbocycles. The lowest BCUT2D eigenvalue weighted by molar-refractivity contribution is -0.147. The number of fused-ring (bicyclic) bond motifs is 2. The van der Waals surface area contributed by atoms with Gasteiger partial charge in [-0.25, -0.2) is 0 Å². The molecular formula is C28H22O2. The van der Waals surface area contributed by atoms with Crippen LogP contribution in [0, 0.1) is 5.41 Å². The number of esters is 1. The van der Waals surface area contributed by atoms with Crippen LogP contribution in [0.4, 0.5) is 0 Å². The number of carbonyl (C=O) groups excluding carboxylic acids is 1. The van der Waals surface area contributed by atoms with Crippen molar-refractivity contribution in [3.8, 4) is 5.75 Å². The molecule has 4 aromatic carbocycles. The molecule has 7 rings (SSSR count). The van der Waals surface area contributed by atoms with E-state index in [1.165, 1.54) is 22.3 Å². The Morgan fingerprint density at radius 2 is 1.33 bits per heavy atom. The summed E-state index contributed by atoms with van der Waals surface area (Å²) in [7, 11) is 0. The van der Waals surface area contributed by atoms with E-state index in [9.17, 15) is 4.79 Å². The molecule has 30 heavy (non-hydrogen) atoms. The molecule has 0 fully saturated rings. The second-order valence-corrected chi connectivity index (χ2v) is 8.73. The first-order valence-electron chi connectivity index (χ1n) is 10.5. The summed E-state index contributed by atoms with van der Waals surface area (Å²) in [5.74, 6) is 0.741. The van der Waals surface area contributed by atoms with Crippen LogP contribution >= 0.6 is 0 Å². The molecule has 2 bridgehead atoms. The zero-order chi connectivity index (χ0) is 20.3. The molecule has 0 amide bonds. The van der Waals surface area contributed by atoms with Crippen LogP contribution in [0.2, 0.25) is 0 Å². The van der Waals surface area contributed by atoms with E-state index in [1.807, 2.05) is 42.5 Å². The average molecular weight is 390 g/mol. The second kappa shape index (κ2) is 6.30. The Balaban J connectivity index is 1.46. The van der Waals surface area contributed by atoms with Crippen LogP contribution in [0.15, 0.2) is 91.0 Å². The van der Waals surface area contributed by atoms with E-state index in [1.54, 1.807) is 0 Å². The second-order valence-electron chi connectivity index (χ2n) is 8.73. The summed E-state index contributed by atoms with van der Waals surface area (Å²) in [4.78, 5) is 13.7. The first-order chi connectivity index (χ1) is 14.7. The first-order valence-corrected chi connectivity index (χ1v) is 10.5. The zero-order valence-electron chi connectivity index (χ0n) is 16.8. The number of ether oxygens (including phenoxy) is 1. The van der Waals surface area contributed by atoms with Gasteiger partial charge in [0.1, 0.15) is 5.75 Å². The van der Waals surface area contributed by atoms with E-state index in [2.05, 4.69) is 55.5 Å². The van der Waals surface area contributed by atoms with E-state index >= 15 is 0 Å². The zero-order valence-corrected chi connectivity index (χ0v) is 16.8. The molecule has 4 aromatic rings. The van der Waals surface area contributed by atoms with Gasteiger partial charge in [0.15, 0.2) is 0 Å². The Morgan fingerprint density at radius 3 is 2.03 bits per heavy atom. The highest BCUT2D eigenvalue weighted by Crippen LogP contribution is 2.61. The van der Waals surface area contributed by atoms with Crippen molar-refractivity contribution in [2.45, 2.75) is 25.2 Å². The summed E-state index contributed by atoms with van der Waals surface area (Å²) < 4.78 is 6.11. The molecule has 2 heteroatoms. The maximum atomic E-state index is 13.7. The van der Waals surface area contributed by atoms with Gasteiger partial charge < -0.3 is 4.74 Å². The van der Waals surface area contributed by atoms with Gasteiger partial charge in [-0.15, -0.1) is 0 Å². The van der Waals surface area contributed by atoms with Crippen LogP contribution < -0.4 is 4.74 Å². The van der Waals surface area contributed by atoms with Crippen molar-refractivity contribution in [2.24, 2.45) is 5.41 Å². The van der Waals surface area contributed by atoms with Crippen molar-refractivity contribution in [2.75, 3.05) is 0 Å². The Hall–Kier alpha value is -3.39. The summed E-state index contributed by atoms with van der Waals surface area (Å²) in [6.07, 6.45) is 0.773. The Bertz CT molecular complexity index is 1250. The van der Waals surface area contributed by atoms with Crippen LogP contribution in [-0.2, 0) is 4.79 Å². The molecule has 146 valence electrons. The SMILES string of the molecule is CC1(C(=O)Oc2cccc3ccccc23)CC2c3ccccc3C1c1ccccc12. The third-order valence-corrected chi connectivity index (χ3v) is 7.05. The minimum Gasteiger partial charge on any atom is -0.425 e. The van der Waals surface area contributed by atoms with Crippen LogP contribution in [0.5, 0.6) is 5.75 Å². The van der Waals surface area contributed by atoms with Crippen LogP contribution in [0.3, 0.4) is 0 Å². The normalized spacial score (nSPS) is 23.6. The Kier molecular flexibility index (Phi) is 3.67. The molecule has 1 atom stereocenters. The minimum atomic E-state index is -0.607. The molecule has 0 spiro atoms. The van der Waals surface area contributed by atoms with E-state index in [0.29, 0.717) is 5.75 Å². The van der Waals surface area contributed by atoms with Crippen molar-refractivity contribution in [3.63, 3.8) is 0 Å². The lowest BCUT2D eigenvalue weighted by Crippen LogP contribution is -2.46. The molecule has 2 nitrogen and oxygen atoms in total. The van der Waals surface area contributed by atoms with Gasteiger partial charge in [0.2, 0.25) is 0 Å². The minimum absolute atomic E-state index is 0.0115. The maximum Gasteiger partial charge on any atom is 0.318 e. The van der Waals surface area contributed by atoms with Crippen molar-refractivity contribution in [3.05, 3.63) is 113 Å². The number of hydrogen-bond acceptors (Lipinski definition) is 2. The van der Waals surface area contributed by atoms with Gasteiger partial charge in [-0.05, 0) is 47.1 Å². The van der Waals surface area contributed by atoms with Crippen molar-refractivity contribution >= 4 is 16.7 Å². The number of benzene rings is 4. The van der Waals surface area contributed by atoms with E-state index in [-0.39, 0.29) is 17.8 Å². The van der Waals surface area contributed by atoms with Crippen molar-refractivity contribution in [1.29, 1.82) is 0 Å². The summed E-state index contributed by atoms with van der Waals surface area (Å²) in [6.45, 7) is 2.09. The summed E-state index contributed by atoms with van der Waals surface area (Å²) in [5, 5.41) is 2.05. The summed E-state index contributed by atoms with van der Waals surface area (Å²) in [5.41, 5.74) is 4.65. The third-order valence-electron chi connectivity index (χ3n) is 7.05. The molecule has 0 N–H and O–H groups in total. The molecule has 0 aliphatic heterocycles. The van der Waals surface area contributed by atoms with Crippen LogP contribution in [-0.4, -0.2) is 5.97 Å². The average Bonchev–Trinajstić information content (AvgIpc) is 2.79. The maximum absolute atomic E-state index is 13.7. The van der Waals surface area contributed by atoms with E-state index in [4.69, 9.17) is 4.74 Å². The molecule has 0 radical (unpaired) electrons. The van der Waals surface area contributed by atoms with Crippen molar-refractivity contribution in [1.82, 2.24) is 0 Å². The molecule has 0 saturated heterocycles. The fourth-order valence-corrected chi connectivity index (χ4v) is 5.67. The molecule has 3 aliphatic rings. The van der Waals surface area contributed by atoms with Crippen LogP contribution in [0.25, 0.3) is 10.8 Å². The highest BCUT2D eigenvalue weighted by molar-refractivity contribution is 5.92. The monoisotopic (exact) mass is 390 g/mol. The van der Waals surface area contributed by atoms with Gasteiger partial charge in [-0.3, -0.25) is 4.79 Å². The fourth-order valence-electron chi connectivity index (χ4n) is 5.67. The standard InChI is InChI=1S/C28H22O2/c1-28(27(29)30-25-16-8-10-18-9-2-3-11-19(18)25)17-24-20-12-4-6-14-22(20)26(28)23-15-7-5-13-21(23)24/h2-16,24,26H,17H2,1H3. The molecular weight excluding hydrogens is 368 g/mol. The largest absolute Gasteiger partial charge is 0.425 e. The molecule has 0 heterocycles. The van der Waals surface area contributed by atoms with Gasteiger partial charge >= 0.3 is 5.97 Å². The highest BCUT2D eigenvalue weighted by atomic mass is 16.5. The smallest absolute Gasteiger partial charge is 0.318 e. The van der Waals surface area contributed by atoms with Gasteiger partial charge in [-0.2, -0.15) is 0 Å². The van der Waals surface area contributed by atoms with Crippen LogP contribution in [0.1, 0.15) is 47.4 Å². The Morgan fingerprint density at radius 1 is 0.767 bits per heavy atom. The molecule has 0 aromatic heterocycles. The third kappa shape index (κ3) is 2.34. The topological polar surface area (TPSA) is 26.3 Å². The molecule has 1 unspecified atom stereocenters. The Labute approximate surface area is 176 Å². The predicted molar refractivity (Wildman–Crippen MR) is 119 cm³/mol. The first kappa shape index (κ1) is 17.5. The number of carbonyl (C=O) groups is 1. The van der Waals surface area contributed by atoms with Gasteiger partial charge in [0.05, 0.1) is 5.41 Å². The quantitative estimate of drug-likeness (QED) is 0.291. The predicted octanol–water partition coefficient (Wildman–Crippen LogP) is 6.43. The summed E-state index contributed by atoms with van der Waals surface area (Å²) >= 11 is 0.